The molecule has 0 aliphatic heterocycles. The zero-order valence-corrected chi connectivity index (χ0v) is 8.67. The van der Waals surface area contributed by atoms with Crippen molar-refractivity contribution in [2.75, 3.05) is 0 Å². The summed E-state index contributed by atoms with van der Waals surface area (Å²) in [4.78, 5) is 0. The van der Waals surface area contributed by atoms with Gasteiger partial charge in [-0.1, -0.05) is 22.0 Å². The monoisotopic (exact) mass is 294 g/mol. The highest BCUT2D eigenvalue weighted by Gasteiger charge is 2.43. The van der Waals surface area contributed by atoms with E-state index in [9.17, 15) is 26.3 Å². The van der Waals surface area contributed by atoms with Gasteiger partial charge in [-0.25, -0.2) is 0 Å². The summed E-state index contributed by atoms with van der Waals surface area (Å²) in [5.41, 5.74) is -1.26. The maximum Gasteiger partial charge on any atom is 0.416 e. The Morgan fingerprint density at radius 2 is 1.67 bits per heavy atom. The van der Waals surface area contributed by atoms with E-state index in [1.165, 1.54) is 0 Å². The lowest BCUT2D eigenvalue weighted by Gasteiger charge is -2.22. The molecule has 0 spiro atoms. The van der Waals surface area contributed by atoms with Crippen LogP contribution < -0.4 is 0 Å². The summed E-state index contributed by atoms with van der Waals surface area (Å²) in [7, 11) is 0. The van der Waals surface area contributed by atoms with Gasteiger partial charge in [0.25, 0.3) is 0 Å². The van der Waals surface area contributed by atoms with Gasteiger partial charge in [0, 0.05) is 0 Å². The second-order valence-corrected chi connectivity index (χ2v) is 4.08. The van der Waals surface area contributed by atoms with Crippen LogP contribution in [0, 0.1) is 5.92 Å². The Labute approximate surface area is 89.8 Å². The summed E-state index contributed by atoms with van der Waals surface area (Å²) in [5, 5.41) is 0. The van der Waals surface area contributed by atoms with E-state index in [1.54, 1.807) is 0 Å². The van der Waals surface area contributed by atoms with Crippen molar-refractivity contribution < 1.29 is 26.3 Å². The van der Waals surface area contributed by atoms with Crippen molar-refractivity contribution in [3.63, 3.8) is 0 Å². The number of alkyl halides is 6. The van der Waals surface area contributed by atoms with Crippen molar-refractivity contribution in [3.8, 4) is 0 Å². The van der Waals surface area contributed by atoms with Crippen LogP contribution in [0.1, 0.15) is 6.42 Å². The molecule has 1 aliphatic rings. The topological polar surface area (TPSA) is 0 Å². The Morgan fingerprint density at radius 1 is 1.13 bits per heavy atom. The zero-order valence-electron chi connectivity index (χ0n) is 7.08. The van der Waals surface area contributed by atoms with E-state index >= 15 is 0 Å². The summed E-state index contributed by atoms with van der Waals surface area (Å²) < 4.78 is 73.1. The average molecular weight is 295 g/mol. The molecule has 7 heteroatoms. The fraction of sp³-hybridized carbons (Fsp3) is 0.500. The van der Waals surface area contributed by atoms with Crippen LogP contribution in [0.25, 0.3) is 0 Å². The first-order chi connectivity index (χ1) is 6.60. The van der Waals surface area contributed by atoms with E-state index in [1.807, 2.05) is 0 Å². The van der Waals surface area contributed by atoms with E-state index in [2.05, 4.69) is 15.9 Å². The summed E-state index contributed by atoms with van der Waals surface area (Å²) >= 11 is 2.67. The first-order valence-corrected chi connectivity index (χ1v) is 4.62. The molecule has 1 rings (SSSR count). The van der Waals surface area contributed by atoms with Gasteiger partial charge in [0.1, 0.15) is 0 Å². The quantitative estimate of drug-likeness (QED) is 0.583. The molecule has 0 radical (unpaired) electrons. The highest BCUT2D eigenvalue weighted by Crippen LogP contribution is 2.41. The minimum atomic E-state index is -4.75. The molecule has 1 atom stereocenters. The molecule has 0 aromatic carbocycles. The standard InChI is InChI=1S/C8H5BrF6/c9-6-2-4(7(10,11)12)1-5(3-6)8(13,14)15/h1-2,5H,3H2. The molecule has 0 amide bonds. The van der Waals surface area contributed by atoms with Crippen LogP contribution in [-0.2, 0) is 0 Å². The van der Waals surface area contributed by atoms with Crippen LogP contribution in [0.4, 0.5) is 26.3 Å². The van der Waals surface area contributed by atoms with E-state index < -0.39 is 30.3 Å². The van der Waals surface area contributed by atoms with Crippen LogP contribution in [-0.4, -0.2) is 12.4 Å². The minimum absolute atomic E-state index is 0.0975. The van der Waals surface area contributed by atoms with Gasteiger partial charge in [-0.15, -0.1) is 0 Å². The lowest BCUT2D eigenvalue weighted by Crippen LogP contribution is -2.25. The number of hydrogen-bond donors (Lipinski definition) is 0. The largest absolute Gasteiger partial charge is 0.416 e. The van der Waals surface area contributed by atoms with Gasteiger partial charge >= 0.3 is 12.4 Å². The van der Waals surface area contributed by atoms with Gasteiger partial charge in [-0.05, 0) is 17.0 Å². The number of rotatable bonds is 0. The summed E-state index contributed by atoms with van der Waals surface area (Å²) in [6.45, 7) is 0. The van der Waals surface area contributed by atoms with E-state index in [4.69, 9.17) is 0 Å². The Bertz CT molecular complexity index is 308. The second kappa shape index (κ2) is 3.84. The predicted octanol–water partition coefficient (Wildman–Crippen LogP) is 4.34. The Balaban J connectivity index is 3.02. The van der Waals surface area contributed by atoms with Gasteiger partial charge in [-0.3, -0.25) is 0 Å². The average Bonchev–Trinajstić information content (AvgIpc) is 1.99. The second-order valence-electron chi connectivity index (χ2n) is 3.06. The third-order valence-corrected chi connectivity index (χ3v) is 2.41. The molecule has 0 saturated heterocycles. The minimum Gasteiger partial charge on any atom is -0.170 e. The highest BCUT2D eigenvalue weighted by atomic mass is 79.9. The van der Waals surface area contributed by atoms with Crippen molar-refractivity contribution in [1.29, 1.82) is 0 Å². The fourth-order valence-corrected chi connectivity index (χ4v) is 1.74. The molecule has 0 aromatic rings. The third-order valence-electron chi connectivity index (χ3n) is 1.86. The maximum absolute atomic E-state index is 12.2. The molecular formula is C8H5BrF6. The van der Waals surface area contributed by atoms with Gasteiger partial charge in [0.05, 0.1) is 11.5 Å². The fourth-order valence-electron chi connectivity index (χ4n) is 1.15. The first-order valence-electron chi connectivity index (χ1n) is 3.82. The first kappa shape index (κ1) is 12.6. The maximum atomic E-state index is 12.2. The Kier molecular flexibility index (Phi) is 3.23. The smallest absolute Gasteiger partial charge is 0.170 e. The van der Waals surface area contributed by atoms with Crippen LogP contribution in [0.3, 0.4) is 0 Å². The summed E-state index contributed by atoms with van der Waals surface area (Å²) in [6.07, 6.45) is -9.00. The lowest BCUT2D eigenvalue weighted by molar-refractivity contribution is -0.161. The van der Waals surface area contributed by atoms with E-state index in [0.717, 1.165) is 0 Å². The molecule has 1 unspecified atom stereocenters. The zero-order chi connectivity index (χ0) is 11.9. The number of halogens is 7. The van der Waals surface area contributed by atoms with Crippen LogP contribution in [0.2, 0.25) is 0 Å². The third kappa shape index (κ3) is 3.25. The van der Waals surface area contributed by atoms with Gasteiger partial charge in [-0.2, -0.15) is 26.3 Å². The van der Waals surface area contributed by atoms with Crippen LogP contribution in [0.5, 0.6) is 0 Å². The number of allylic oxidation sites excluding steroid dienone is 4. The van der Waals surface area contributed by atoms with Crippen molar-refractivity contribution in [2.45, 2.75) is 18.8 Å². The normalized spacial score (nSPS) is 23.5. The van der Waals surface area contributed by atoms with E-state index in [0.29, 0.717) is 6.08 Å². The molecule has 0 bridgehead atoms. The molecule has 0 aromatic heterocycles. The summed E-state index contributed by atoms with van der Waals surface area (Å²) in [5.74, 6) is -2.08. The van der Waals surface area contributed by atoms with Crippen LogP contribution >= 0.6 is 15.9 Å². The highest BCUT2D eigenvalue weighted by molar-refractivity contribution is 9.11. The van der Waals surface area contributed by atoms with Crippen LogP contribution in [0.15, 0.2) is 22.2 Å². The van der Waals surface area contributed by atoms with Gasteiger partial charge in [0.15, 0.2) is 0 Å². The number of hydrogen-bond acceptors (Lipinski definition) is 0. The van der Waals surface area contributed by atoms with Crippen molar-refractivity contribution in [1.82, 2.24) is 0 Å². The lowest BCUT2D eigenvalue weighted by atomic mass is 9.95. The molecule has 1 aliphatic carbocycles. The van der Waals surface area contributed by atoms with E-state index in [-0.39, 0.29) is 10.6 Å². The Hall–Kier alpha value is -0.460. The summed E-state index contributed by atoms with van der Waals surface area (Å²) in [6, 6.07) is 0. The van der Waals surface area contributed by atoms with Crippen molar-refractivity contribution in [3.05, 3.63) is 22.2 Å². The molecule has 15 heavy (non-hydrogen) atoms. The van der Waals surface area contributed by atoms with Gasteiger partial charge in [0.2, 0.25) is 0 Å². The molecular weight excluding hydrogens is 290 g/mol. The van der Waals surface area contributed by atoms with Crippen molar-refractivity contribution in [2.24, 2.45) is 5.92 Å². The SMILES string of the molecule is FC(F)(F)C1=CC(C(F)(F)F)CC(Br)=C1. The Morgan fingerprint density at radius 3 is 2.07 bits per heavy atom. The van der Waals surface area contributed by atoms with Crippen molar-refractivity contribution >= 4 is 15.9 Å². The molecule has 0 N–H and O–H groups in total. The molecule has 0 fully saturated rings. The van der Waals surface area contributed by atoms with Gasteiger partial charge < -0.3 is 0 Å². The predicted molar refractivity (Wildman–Crippen MR) is 45.3 cm³/mol. The molecule has 0 nitrogen and oxygen atoms in total. The molecule has 0 heterocycles. The molecule has 0 saturated carbocycles. The molecule has 86 valence electrons.